The second kappa shape index (κ2) is 6.44. The van der Waals surface area contributed by atoms with Gasteiger partial charge in [0, 0.05) is 0 Å². The zero-order valence-electron chi connectivity index (χ0n) is 13.0. The second-order valence-electron chi connectivity index (χ2n) is 6.50. The highest BCUT2D eigenvalue weighted by atomic mass is 14.9. The van der Waals surface area contributed by atoms with Crippen LogP contribution in [0.5, 0.6) is 0 Å². The van der Waals surface area contributed by atoms with Gasteiger partial charge in [-0.05, 0) is 54.0 Å². The molecule has 1 N–H and O–H groups in total. The van der Waals surface area contributed by atoms with Crippen LogP contribution in [0.4, 0.5) is 0 Å². The molecule has 1 nitrogen and oxygen atoms in total. The van der Waals surface area contributed by atoms with Gasteiger partial charge in [-0.15, -0.1) is 0 Å². The van der Waals surface area contributed by atoms with Crippen molar-refractivity contribution in [3.63, 3.8) is 0 Å². The van der Waals surface area contributed by atoms with Crippen LogP contribution in [0.3, 0.4) is 0 Å². The molecule has 110 valence electrons. The van der Waals surface area contributed by atoms with Crippen molar-refractivity contribution in [3.05, 3.63) is 60.2 Å². The summed E-state index contributed by atoms with van der Waals surface area (Å²) in [7, 11) is 0. The van der Waals surface area contributed by atoms with Crippen molar-refractivity contribution in [2.75, 3.05) is 13.1 Å². The van der Waals surface area contributed by atoms with Crippen LogP contribution in [-0.4, -0.2) is 13.1 Å². The van der Waals surface area contributed by atoms with E-state index < -0.39 is 0 Å². The first-order chi connectivity index (χ1) is 10.3. The lowest BCUT2D eigenvalue weighted by Gasteiger charge is -2.35. The molecule has 21 heavy (non-hydrogen) atoms. The van der Waals surface area contributed by atoms with Crippen molar-refractivity contribution in [1.29, 1.82) is 0 Å². The quantitative estimate of drug-likeness (QED) is 0.858. The normalized spacial score (nSPS) is 22.4. The Kier molecular flexibility index (Phi) is 4.40. The summed E-state index contributed by atoms with van der Waals surface area (Å²) in [5.74, 6) is 2.19. The van der Waals surface area contributed by atoms with E-state index in [1.54, 1.807) is 0 Å². The Morgan fingerprint density at radius 3 is 2.24 bits per heavy atom. The minimum absolute atomic E-state index is 0.705. The molecule has 0 saturated carbocycles. The topological polar surface area (TPSA) is 12.0 Å². The van der Waals surface area contributed by atoms with Gasteiger partial charge in [0.05, 0.1) is 0 Å². The fourth-order valence-electron chi connectivity index (χ4n) is 3.55. The SMILES string of the molecule is CC(C)C1CNCCC1c1ccc(-c2ccccc2)cc1. The van der Waals surface area contributed by atoms with Gasteiger partial charge in [0.25, 0.3) is 0 Å². The Morgan fingerprint density at radius 2 is 1.57 bits per heavy atom. The fraction of sp³-hybridized carbons (Fsp3) is 0.400. The van der Waals surface area contributed by atoms with Crippen molar-refractivity contribution in [1.82, 2.24) is 5.32 Å². The highest BCUT2D eigenvalue weighted by Crippen LogP contribution is 2.35. The molecule has 2 unspecified atom stereocenters. The molecule has 1 saturated heterocycles. The predicted molar refractivity (Wildman–Crippen MR) is 90.4 cm³/mol. The molecule has 0 bridgehead atoms. The number of hydrogen-bond donors (Lipinski definition) is 1. The second-order valence-corrected chi connectivity index (χ2v) is 6.50. The molecule has 3 rings (SSSR count). The third-order valence-electron chi connectivity index (χ3n) is 4.83. The average Bonchev–Trinajstić information content (AvgIpc) is 2.56. The lowest BCUT2D eigenvalue weighted by atomic mass is 9.75. The molecule has 0 radical (unpaired) electrons. The summed E-state index contributed by atoms with van der Waals surface area (Å²) >= 11 is 0. The molecule has 1 aliphatic heterocycles. The maximum Gasteiger partial charge on any atom is -0.00122 e. The summed E-state index contributed by atoms with van der Waals surface area (Å²) in [5, 5.41) is 3.55. The van der Waals surface area contributed by atoms with Gasteiger partial charge in [0.15, 0.2) is 0 Å². The Morgan fingerprint density at radius 1 is 0.905 bits per heavy atom. The first kappa shape index (κ1) is 14.3. The maximum absolute atomic E-state index is 3.55. The Bertz CT molecular complexity index is 556. The molecular weight excluding hydrogens is 254 g/mol. The molecule has 2 aromatic rings. The Labute approximate surface area is 128 Å². The minimum atomic E-state index is 0.705. The first-order valence-corrected chi connectivity index (χ1v) is 8.12. The van der Waals surface area contributed by atoms with E-state index in [0.29, 0.717) is 5.92 Å². The third kappa shape index (κ3) is 3.19. The molecule has 1 heterocycles. The Hall–Kier alpha value is -1.60. The van der Waals surface area contributed by atoms with Gasteiger partial charge in [-0.1, -0.05) is 68.4 Å². The van der Waals surface area contributed by atoms with Crippen LogP contribution < -0.4 is 5.32 Å². The molecule has 1 heteroatoms. The van der Waals surface area contributed by atoms with Gasteiger partial charge in [-0.2, -0.15) is 0 Å². The van der Waals surface area contributed by atoms with E-state index in [-0.39, 0.29) is 0 Å². The van der Waals surface area contributed by atoms with Crippen LogP contribution in [0.15, 0.2) is 54.6 Å². The van der Waals surface area contributed by atoms with E-state index in [2.05, 4.69) is 73.8 Å². The van der Waals surface area contributed by atoms with Crippen LogP contribution in [-0.2, 0) is 0 Å². The van der Waals surface area contributed by atoms with E-state index >= 15 is 0 Å². The molecular formula is C20H25N. The number of hydrogen-bond acceptors (Lipinski definition) is 1. The molecule has 1 aliphatic rings. The summed E-state index contributed by atoms with van der Waals surface area (Å²) in [6.45, 7) is 7.00. The molecule has 0 aliphatic carbocycles. The smallest absolute Gasteiger partial charge is 0.00122 e. The number of benzene rings is 2. The molecule has 1 fully saturated rings. The van der Waals surface area contributed by atoms with Crippen molar-refractivity contribution in [2.45, 2.75) is 26.2 Å². The highest BCUT2D eigenvalue weighted by Gasteiger charge is 2.28. The summed E-state index contributed by atoms with van der Waals surface area (Å²) in [6.07, 6.45) is 1.26. The van der Waals surface area contributed by atoms with Crippen molar-refractivity contribution in [3.8, 4) is 11.1 Å². The molecule has 2 atom stereocenters. The largest absolute Gasteiger partial charge is 0.316 e. The van der Waals surface area contributed by atoms with Crippen molar-refractivity contribution in [2.24, 2.45) is 11.8 Å². The molecule has 2 aromatic carbocycles. The fourth-order valence-corrected chi connectivity index (χ4v) is 3.55. The van der Waals surface area contributed by atoms with Gasteiger partial charge in [0.2, 0.25) is 0 Å². The Balaban J connectivity index is 1.83. The van der Waals surface area contributed by atoms with E-state index in [0.717, 1.165) is 24.9 Å². The zero-order valence-corrected chi connectivity index (χ0v) is 13.0. The standard InChI is InChI=1S/C20H25N/c1-15(2)20-14-21-13-12-19(20)18-10-8-17(9-11-18)16-6-4-3-5-7-16/h3-11,15,19-21H,12-14H2,1-2H3. The minimum Gasteiger partial charge on any atom is -0.316 e. The summed E-state index contributed by atoms with van der Waals surface area (Å²) < 4.78 is 0. The summed E-state index contributed by atoms with van der Waals surface area (Å²) in [4.78, 5) is 0. The van der Waals surface area contributed by atoms with Gasteiger partial charge in [0.1, 0.15) is 0 Å². The van der Waals surface area contributed by atoms with Gasteiger partial charge in [-0.25, -0.2) is 0 Å². The van der Waals surface area contributed by atoms with E-state index in [4.69, 9.17) is 0 Å². The number of rotatable bonds is 3. The van der Waals surface area contributed by atoms with Crippen LogP contribution in [0.2, 0.25) is 0 Å². The molecule has 0 amide bonds. The first-order valence-electron chi connectivity index (χ1n) is 8.12. The predicted octanol–water partition coefficient (Wildman–Crippen LogP) is 4.70. The highest BCUT2D eigenvalue weighted by molar-refractivity contribution is 5.63. The van der Waals surface area contributed by atoms with E-state index in [1.807, 2.05) is 0 Å². The summed E-state index contributed by atoms with van der Waals surface area (Å²) in [6, 6.07) is 19.9. The van der Waals surface area contributed by atoms with Crippen LogP contribution in [0.1, 0.15) is 31.7 Å². The lowest BCUT2D eigenvalue weighted by Crippen LogP contribution is -2.38. The van der Waals surface area contributed by atoms with Crippen molar-refractivity contribution < 1.29 is 0 Å². The van der Waals surface area contributed by atoms with Gasteiger partial charge >= 0.3 is 0 Å². The summed E-state index contributed by atoms with van der Waals surface area (Å²) in [5.41, 5.74) is 4.12. The lowest BCUT2D eigenvalue weighted by molar-refractivity contribution is 0.255. The molecule has 0 spiro atoms. The monoisotopic (exact) mass is 279 g/mol. The maximum atomic E-state index is 3.55. The van der Waals surface area contributed by atoms with Crippen LogP contribution in [0, 0.1) is 11.8 Å². The van der Waals surface area contributed by atoms with E-state index in [9.17, 15) is 0 Å². The average molecular weight is 279 g/mol. The van der Waals surface area contributed by atoms with Crippen LogP contribution >= 0.6 is 0 Å². The molecule has 0 aromatic heterocycles. The van der Waals surface area contributed by atoms with Gasteiger partial charge in [-0.3, -0.25) is 0 Å². The van der Waals surface area contributed by atoms with Gasteiger partial charge < -0.3 is 5.32 Å². The number of piperidine rings is 1. The third-order valence-corrected chi connectivity index (χ3v) is 4.83. The van der Waals surface area contributed by atoms with Crippen LogP contribution in [0.25, 0.3) is 11.1 Å². The zero-order chi connectivity index (χ0) is 14.7. The van der Waals surface area contributed by atoms with E-state index in [1.165, 1.54) is 23.1 Å². The van der Waals surface area contributed by atoms with Crippen molar-refractivity contribution >= 4 is 0 Å². The number of nitrogens with one attached hydrogen (secondary N) is 1.